The number of nitrogens with one attached hydrogen (secondary N) is 3. The Balaban J connectivity index is 1.79. The zero-order valence-electron chi connectivity index (χ0n) is 8.97. The van der Waals surface area contributed by atoms with E-state index >= 15 is 0 Å². The van der Waals surface area contributed by atoms with Crippen molar-refractivity contribution in [1.29, 1.82) is 0 Å². The zero-order chi connectivity index (χ0) is 12.0. The third-order valence-corrected chi connectivity index (χ3v) is 3.46. The topological polar surface area (TPSA) is 126 Å². The number of ether oxygens (including phenoxy) is 1. The molecule has 1 aliphatic heterocycles. The van der Waals surface area contributed by atoms with Crippen LogP contribution in [0.4, 0.5) is 5.82 Å². The summed E-state index contributed by atoms with van der Waals surface area (Å²) in [5.74, 6) is 0.424. The van der Waals surface area contributed by atoms with E-state index in [0.29, 0.717) is 12.5 Å². The molecule has 1 saturated carbocycles. The Morgan fingerprint density at radius 3 is 3.06 bits per heavy atom. The van der Waals surface area contributed by atoms with Crippen LogP contribution in [-0.2, 0) is 4.74 Å². The molecular weight excluding hydrogens is 226 g/mol. The van der Waals surface area contributed by atoms with Gasteiger partial charge in [-0.05, 0) is 6.42 Å². The molecule has 0 amide bonds. The molecule has 17 heavy (non-hydrogen) atoms. The summed E-state index contributed by atoms with van der Waals surface area (Å²) >= 11 is 0. The average molecular weight is 239 g/mol. The van der Waals surface area contributed by atoms with Crippen molar-refractivity contribution in [2.75, 3.05) is 11.9 Å². The summed E-state index contributed by atoms with van der Waals surface area (Å²) in [6, 6.07) is -0.169. The number of hydrogen-bond acceptors (Lipinski definition) is 6. The van der Waals surface area contributed by atoms with Crippen molar-refractivity contribution in [2.24, 2.45) is 11.7 Å². The largest absolute Gasteiger partial charge is 0.376 e. The molecule has 8 nitrogen and oxygen atoms in total. The van der Waals surface area contributed by atoms with Crippen LogP contribution >= 0.6 is 0 Å². The summed E-state index contributed by atoms with van der Waals surface area (Å²) in [6.45, 7) is 0.705. The van der Waals surface area contributed by atoms with Crippen LogP contribution in [0.25, 0.3) is 0 Å². The number of aromatic amines is 2. The standard InChI is InChI=1S/C9H13N5O3/c10-4-3-1-2-17-6(3)5(4)11-7-8(15)12-9(16)14-13-7/h3-6H,1-2,10H2,(H,11,13)(H2,12,14,15,16). The predicted molar refractivity (Wildman–Crippen MR) is 58.7 cm³/mol. The second-order valence-corrected chi connectivity index (χ2v) is 4.39. The molecule has 4 unspecified atom stereocenters. The SMILES string of the molecule is NC1C2CCOC2C1Nc1n[nH]c(=O)[nH]c1=O. The first-order valence-electron chi connectivity index (χ1n) is 5.49. The second kappa shape index (κ2) is 3.67. The number of rotatable bonds is 2. The Bertz CT molecular complexity index is 538. The lowest BCUT2D eigenvalue weighted by Crippen LogP contribution is -2.66. The van der Waals surface area contributed by atoms with Crippen molar-refractivity contribution in [3.8, 4) is 0 Å². The summed E-state index contributed by atoms with van der Waals surface area (Å²) in [5.41, 5.74) is 4.80. The Morgan fingerprint density at radius 1 is 1.47 bits per heavy atom. The fourth-order valence-electron chi connectivity index (χ4n) is 2.53. The van der Waals surface area contributed by atoms with Crippen LogP contribution in [0.5, 0.6) is 0 Å². The smallest absolute Gasteiger partial charge is 0.342 e. The Hall–Kier alpha value is -1.67. The van der Waals surface area contributed by atoms with Crippen molar-refractivity contribution >= 4 is 5.82 Å². The van der Waals surface area contributed by atoms with Gasteiger partial charge in [0.1, 0.15) is 0 Å². The third kappa shape index (κ3) is 1.56. The van der Waals surface area contributed by atoms with Gasteiger partial charge in [-0.3, -0.25) is 9.78 Å². The highest BCUT2D eigenvalue weighted by Gasteiger charge is 2.52. The van der Waals surface area contributed by atoms with E-state index < -0.39 is 11.2 Å². The van der Waals surface area contributed by atoms with Gasteiger partial charge in [0.15, 0.2) is 0 Å². The lowest BCUT2D eigenvalue weighted by molar-refractivity contribution is 0.00516. The van der Waals surface area contributed by atoms with Gasteiger partial charge in [-0.1, -0.05) is 0 Å². The van der Waals surface area contributed by atoms with Crippen LogP contribution < -0.4 is 22.3 Å². The fraction of sp³-hybridized carbons (Fsp3) is 0.667. The van der Waals surface area contributed by atoms with Crippen LogP contribution in [-0.4, -0.2) is 40.0 Å². The van der Waals surface area contributed by atoms with E-state index in [-0.39, 0.29) is 24.0 Å². The highest BCUT2D eigenvalue weighted by Crippen LogP contribution is 2.38. The van der Waals surface area contributed by atoms with Crippen molar-refractivity contribution in [3.05, 3.63) is 20.8 Å². The van der Waals surface area contributed by atoms with Crippen LogP contribution in [0, 0.1) is 5.92 Å². The van der Waals surface area contributed by atoms with E-state index in [0.717, 1.165) is 6.42 Å². The molecule has 2 fully saturated rings. The molecule has 2 aliphatic rings. The number of hydrogen-bond donors (Lipinski definition) is 4. The Morgan fingerprint density at radius 2 is 2.29 bits per heavy atom. The maximum Gasteiger partial charge on any atom is 0.342 e. The van der Waals surface area contributed by atoms with E-state index in [1.807, 2.05) is 0 Å². The minimum Gasteiger partial charge on any atom is -0.376 e. The molecular formula is C9H13N5O3. The maximum absolute atomic E-state index is 11.4. The van der Waals surface area contributed by atoms with Crippen molar-refractivity contribution in [2.45, 2.75) is 24.6 Å². The predicted octanol–water partition coefficient (Wildman–Crippen LogP) is -2.02. The van der Waals surface area contributed by atoms with Crippen molar-refractivity contribution < 1.29 is 4.74 Å². The minimum absolute atomic E-state index is 0.0399. The number of fused-ring (bicyclic) bond motifs is 1. The number of anilines is 1. The quantitative estimate of drug-likeness (QED) is 0.472. The van der Waals surface area contributed by atoms with E-state index in [1.54, 1.807) is 0 Å². The van der Waals surface area contributed by atoms with E-state index in [1.165, 1.54) is 0 Å². The van der Waals surface area contributed by atoms with Crippen LogP contribution in [0.2, 0.25) is 0 Å². The second-order valence-electron chi connectivity index (χ2n) is 4.39. The van der Waals surface area contributed by atoms with Gasteiger partial charge in [-0.2, -0.15) is 0 Å². The Labute approximate surface area is 95.6 Å². The average Bonchev–Trinajstić information content (AvgIpc) is 2.72. The molecule has 1 saturated heterocycles. The zero-order valence-corrected chi connectivity index (χ0v) is 8.97. The summed E-state index contributed by atoms with van der Waals surface area (Å²) in [7, 11) is 0. The summed E-state index contributed by atoms with van der Waals surface area (Å²) < 4.78 is 5.52. The van der Waals surface area contributed by atoms with Crippen molar-refractivity contribution in [1.82, 2.24) is 15.2 Å². The molecule has 92 valence electrons. The summed E-state index contributed by atoms with van der Waals surface area (Å²) in [5, 5.41) is 8.73. The van der Waals surface area contributed by atoms with Crippen LogP contribution in [0.1, 0.15) is 6.42 Å². The van der Waals surface area contributed by atoms with Gasteiger partial charge >= 0.3 is 5.69 Å². The molecule has 8 heteroatoms. The lowest BCUT2D eigenvalue weighted by Gasteiger charge is -2.45. The van der Waals surface area contributed by atoms with E-state index in [2.05, 4.69) is 20.5 Å². The number of nitrogens with zero attached hydrogens (tertiary/aromatic N) is 1. The maximum atomic E-state index is 11.4. The first-order chi connectivity index (χ1) is 8.16. The van der Waals surface area contributed by atoms with Gasteiger partial charge in [0.05, 0.1) is 12.1 Å². The molecule has 1 aromatic heterocycles. The molecule has 2 heterocycles. The molecule has 3 rings (SSSR count). The number of aromatic nitrogens is 3. The highest BCUT2D eigenvalue weighted by atomic mass is 16.5. The summed E-state index contributed by atoms with van der Waals surface area (Å²) in [6.07, 6.45) is 0.998. The van der Waals surface area contributed by atoms with Gasteiger partial charge in [0, 0.05) is 18.6 Å². The molecule has 0 radical (unpaired) electrons. The van der Waals surface area contributed by atoms with Gasteiger partial charge in [-0.25, -0.2) is 9.89 Å². The molecule has 0 bridgehead atoms. The first kappa shape index (κ1) is 10.5. The number of nitrogens with two attached hydrogens (primary N) is 1. The molecule has 0 spiro atoms. The highest BCUT2D eigenvalue weighted by molar-refractivity contribution is 5.35. The first-order valence-corrected chi connectivity index (χ1v) is 5.49. The van der Waals surface area contributed by atoms with Gasteiger partial charge < -0.3 is 15.8 Å². The third-order valence-electron chi connectivity index (χ3n) is 3.46. The Kier molecular flexibility index (Phi) is 2.26. The molecule has 1 aliphatic carbocycles. The van der Waals surface area contributed by atoms with Gasteiger partial charge in [0.2, 0.25) is 5.82 Å². The number of H-pyrrole nitrogens is 2. The monoisotopic (exact) mass is 239 g/mol. The van der Waals surface area contributed by atoms with Crippen molar-refractivity contribution in [3.63, 3.8) is 0 Å². The van der Waals surface area contributed by atoms with E-state index in [9.17, 15) is 9.59 Å². The van der Waals surface area contributed by atoms with Gasteiger partial charge in [0.25, 0.3) is 5.56 Å². The molecule has 0 aromatic carbocycles. The van der Waals surface area contributed by atoms with E-state index in [4.69, 9.17) is 10.5 Å². The molecule has 5 N–H and O–H groups in total. The fourth-order valence-corrected chi connectivity index (χ4v) is 2.53. The lowest BCUT2D eigenvalue weighted by atomic mass is 9.72. The normalized spacial score (nSPS) is 35.1. The minimum atomic E-state index is -0.631. The van der Waals surface area contributed by atoms with Crippen LogP contribution in [0.15, 0.2) is 9.59 Å². The molecule has 1 aromatic rings. The van der Waals surface area contributed by atoms with Crippen LogP contribution in [0.3, 0.4) is 0 Å². The van der Waals surface area contributed by atoms with Gasteiger partial charge in [-0.15, -0.1) is 5.10 Å². The summed E-state index contributed by atoms with van der Waals surface area (Å²) in [4.78, 5) is 24.3. The molecule has 4 atom stereocenters.